The number of unbranched alkanes of at least 4 members (excludes halogenated alkanes) is 1. The van der Waals surface area contributed by atoms with Crippen LogP contribution in [-0.2, 0) is 24.1 Å². The zero-order valence-corrected chi connectivity index (χ0v) is 21.4. The monoisotopic (exact) mass is 488 g/mol. The predicted molar refractivity (Wildman–Crippen MR) is 143 cm³/mol. The Morgan fingerprint density at radius 1 is 0.806 bits per heavy atom. The first-order valence-corrected chi connectivity index (χ1v) is 12.5. The molecule has 3 aromatic carbocycles. The van der Waals surface area contributed by atoms with Crippen LogP contribution >= 0.6 is 0 Å². The quantitative estimate of drug-likeness (QED) is 0.364. The number of ether oxygens (including phenoxy) is 2. The maximum atomic E-state index is 13.1. The van der Waals surface area contributed by atoms with Crippen LogP contribution in [0.5, 0.6) is 11.5 Å². The van der Waals surface area contributed by atoms with E-state index in [4.69, 9.17) is 9.47 Å². The number of methoxy groups -OCH3 is 2. The molecule has 0 heterocycles. The first-order chi connectivity index (χ1) is 17.5. The third-order valence-electron chi connectivity index (χ3n) is 6.10. The summed E-state index contributed by atoms with van der Waals surface area (Å²) in [6, 6.07) is 22.3. The van der Waals surface area contributed by atoms with Gasteiger partial charge < -0.3 is 20.1 Å². The molecule has 2 N–H and O–H groups in total. The Labute approximate surface area is 214 Å². The van der Waals surface area contributed by atoms with Crippen molar-refractivity contribution >= 4 is 11.8 Å². The van der Waals surface area contributed by atoms with Crippen LogP contribution in [0.3, 0.4) is 0 Å². The van der Waals surface area contributed by atoms with Gasteiger partial charge in [-0.1, -0.05) is 61.9 Å². The lowest BCUT2D eigenvalue weighted by molar-refractivity contribution is -0.122. The smallest absolute Gasteiger partial charge is 0.251 e. The lowest BCUT2D eigenvalue weighted by Gasteiger charge is -2.19. The standard InChI is InChI=1S/C30H36N2O4/c1-4-5-9-22-12-15-25(16-13-22)29(33)32-26(20-23-10-7-6-8-11-23)30(34)31-19-18-24-14-17-27(35-2)28(21-24)36-3/h6-8,10-17,21,26H,4-5,9,18-20H2,1-3H3,(H,31,34)(H,32,33). The molecule has 36 heavy (non-hydrogen) atoms. The largest absolute Gasteiger partial charge is 0.493 e. The summed E-state index contributed by atoms with van der Waals surface area (Å²) < 4.78 is 10.6. The van der Waals surface area contributed by atoms with Crippen LogP contribution in [-0.4, -0.2) is 38.6 Å². The molecule has 0 bridgehead atoms. The Morgan fingerprint density at radius 2 is 1.50 bits per heavy atom. The molecule has 0 saturated carbocycles. The second kappa shape index (κ2) is 13.9. The van der Waals surface area contributed by atoms with Crippen LogP contribution in [0.1, 0.15) is 46.8 Å². The summed E-state index contributed by atoms with van der Waals surface area (Å²) in [5, 5.41) is 5.92. The van der Waals surface area contributed by atoms with Crippen molar-refractivity contribution in [3.05, 3.63) is 95.1 Å². The molecule has 1 unspecified atom stereocenters. The molecule has 0 fully saturated rings. The van der Waals surface area contributed by atoms with Crippen LogP contribution in [0.25, 0.3) is 0 Å². The number of nitrogens with one attached hydrogen (secondary N) is 2. The molecule has 0 spiro atoms. The molecule has 0 aliphatic rings. The molecule has 0 aromatic heterocycles. The van der Waals surface area contributed by atoms with Crippen LogP contribution in [0.2, 0.25) is 0 Å². The molecular formula is C30H36N2O4. The van der Waals surface area contributed by atoms with Gasteiger partial charge in [-0.25, -0.2) is 0 Å². The summed E-state index contributed by atoms with van der Waals surface area (Å²) in [7, 11) is 3.19. The summed E-state index contributed by atoms with van der Waals surface area (Å²) in [6.07, 6.45) is 4.27. The SMILES string of the molecule is CCCCc1ccc(C(=O)NC(Cc2ccccc2)C(=O)NCCc2ccc(OC)c(OC)c2)cc1. The van der Waals surface area contributed by atoms with E-state index in [1.165, 1.54) is 5.56 Å². The summed E-state index contributed by atoms with van der Waals surface area (Å²) in [5.74, 6) is 0.839. The maximum Gasteiger partial charge on any atom is 0.251 e. The lowest BCUT2D eigenvalue weighted by atomic mass is 10.0. The molecular weight excluding hydrogens is 452 g/mol. The number of carbonyl (C=O) groups excluding carboxylic acids is 2. The number of rotatable bonds is 13. The summed E-state index contributed by atoms with van der Waals surface area (Å²) in [6.45, 7) is 2.59. The van der Waals surface area contributed by atoms with Gasteiger partial charge in [0.15, 0.2) is 11.5 Å². The Morgan fingerprint density at radius 3 is 2.17 bits per heavy atom. The summed E-state index contributed by atoms with van der Waals surface area (Å²) >= 11 is 0. The molecule has 6 nitrogen and oxygen atoms in total. The fourth-order valence-electron chi connectivity index (χ4n) is 3.99. The molecule has 1 atom stereocenters. The summed E-state index contributed by atoms with van der Waals surface area (Å²) in [5.41, 5.74) is 3.75. The van der Waals surface area contributed by atoms with Crippen molar-refractivity contribution in [3.63, 3.8) is 0 Å². The average molecular weight is 489 g/mol. The van der Waals surface area contributed by atoms with Crippen molar-refractivity contribution in [2.75, 3.05) is 20.8 Å². The molecule has 2 amide bonds. The number of carbonyl (C=O) groups is 2. The van der Waals surface area contributed by atoms with Gasteiger partial charge in [0, 0.05) is 18.5 Å². The minimum atomic E-state index is -0.690. The first-order valence-electron chi connectivity index (χ1n) is 12.5. The van der Waals surface area contributed by atoms with Crippen LogP contribution in [0.15, 0.2) is 72.8 Å². The molecule has 0 radical (unpaired) electrons. The van der Waals surface area contributed by atoms with Gasteiger partial charge in [0.2, 0.25) is 5.91 Å². The van der Waals surface area contributed by atoms with E-state index in [-0.39, 0.29) is 11.8 Å². The molecule has 6 heteroatoms. The Kier molecular flexibility index (Phi) is 10.4. The zero-order chi connectivity index (χ0) is 25.8. The van der Waals surface area contributed by atoms with Gasteiger partial charge in [0.25, 0.3) is 5.91 Å². The van der Waals surface area contributed by atoms with Gasteiger partial charge in [-0.05, 0) is 60.2 Å². The van der Waals surface area contributed by atoms with Crippen molar-refractivity contribution in [2.24, 2.45) is 0 Å². The van der Waals surface area contributed by atoms with E-state index in [2.05, 4.69) is 17.6 Å². The van der Waals surface area contributed by atoms with Crippen LogP contribution in [0.4, 0.5) is 0 Å². The highest BCUT2D eigenvalue weighted by molar-refractivity contribution is 5.97. The molecule has 3 rings (SSSR count). The second-order valence-electron chi connectivity index (χ2n) is 8.75. The molecule has 3 aromatic rings. The fourth-order valence-corrected chi connectivity index (χ4v) is 3.99. The predicted octanol–water partition coefficient (Wildman–Crippen LogP) is 4.75. The van der Waals surface area contributed by atoms with Gasteiger partial charge in [-0.2, -0.15) is 0 Å². The van der Waals surface area contributed by atoms with E-state index in [0.717, 1.165) is 30.4 Å². The molecule has 0 aliphatic carbocycles. The third-order valence-corrected chi connectivity index (χ3v) is 6.10. The minimum Gasteiger partial charge on any atom is -0.493 e. The minimum absolute atomic E-state index is 0.216. The zero-order valence-electron chi connectivity index (χ0n) is 21.4. The van der Waals surface area contributed by atoms with Crippen molar-refractivity contribution in [3.8, 4) is 11.5 Å². The Hall–Kier alpha value is -3.80. The van der Waals surface area contributed by atoms with Gasteiger partial charge in [-0.15, -0.1) is 0 Å². The van der Waals surface area contributed by atoms with Crippen molar-refractivity contribution < 1.29 is 19.1 Å². The van der Waals surface area contributed by atoms with E-state index >= 15 is 0 Å². The van der Waals surface area contributed by atoms with Crippen LogP contribution < -0.4 is 20.1 Å². The third kappa shape index (κ3) is 7.87. The van der Waals surface area contributed by atoms with E-state index in [0.29, 0.717) is 36.4 Å². The highest BCUT2D eigenvalue weighted by atomic mass is 16.5. The van der Waals surface area contributed by atoms with Crippen molar-refractivity contribution in [2.45, 2.75) is 45.1 Å². The Balaban J connectivity index is 1.64. The van der Waals surface area contributed by atoms with Gasteiger partial charge in [0.05, 0.1) is 14.2 Å². The number of hydrogen-bond acceptors (Lipinski definition) is 4. The number of amides is 2. The second-order valence-corrected chi connectivity index (χ2v) is 8.75. The normalized spacial score (nSPS) is 11.4. The molecule has 190 valence electrons. The summed E-state index contributed by atoms with van der Waals surface area (Å²) in [4.78, 5) is 26.1. The maximum absolute atomic E-state index is 13.1. The van der Waals surface area contributed by atoms with Crippen molar-refractivity contribution in [1.29, 1.82) is 0 Å². The first kappa shape index (κ1) is 26.8. The van der Waals surface area contributed by atoms with Crippen LogP contribution in [0, 0.1) is 0 Å². The van der Waals surface area contributed by atoms with E-state index in [9.17, 15) is 9.59 Å². The topological polar surface area (TPSA) is 76.7 Å². The number of benzene rings is 3. The highest BCUT2D eigenvalue weighted by Crippen LogP contribution is 2.27. The number of aryl methyl sites for hydroxylation is 1. The van der Waals surface area contributed by atoms with Gasteiger partial charge >= 0.3 is 0 Å². The van der Waals surface area contributed by atoms with E-state index in [1.54, 1.807) is 14.2 Å². The lowest BCUT2D eigenvalue weighted by Crippen LogP contribution is -2.48. The molecule has 0 saturated heterocycles. The average Bonchev–Trinajstić information content (AvgIpc) is 2.92. The van der Waals surface area contributed by atoms with Crippen molar-refractivity contribution in [1.82, 2.24) is 10.6 Å². The molecule has 0 aliphatic heterocycles. The fraction of sp³-hybridized carbons (Fsp3) is 0.333. The van der Waals surface area contributed by atoms with Gasteiger partial charge in [0.1, 0.15) is 6.04 Å². The van der Waals surface area contributed by atoms with E-state index in [1.807, 2.05) is 72.8 Å². The van der Waals surface area contributed by atoms with E-state index < -0.39 is 6.04 Å². The van der Waals surface area contributed by atoms with Gasteiger partial charge in [-0.3, -0.25) is 9.59 Å². The Bertz CT molecular complexity index is 1110. The highest BCUT2D eigenvalue weighted by Gasteiger charge is 2.22. The number of hydrogen-bond donors (Lipinski definition) is 2.